The van der Waals surface area contributed by atoms with Crippen molar-refractivity contribution < 1.29 is 14.6 Å². The molecule has 0 spiro atoms. The van der Waals surface area contributed by atoms with Gasteiger partial charge in [0.15, 0.2) is 0 Å². The number of rotatable bonds is 4. The first-order chi connectivity index (χ1) is 20.2. The number of aromatic hydroxyl groups is 2. The van der Waals surface area contributed by atoms with Crippen LogP contribution in [0, 0.1) is 11.2 Å². The quantitative estimate of drug-likeness (QED) is 0.218. The first-order valence-corrected chi connectivity index (χ1v) is 15.6. The molecule has 2 N–H and O–H groups in total. The number of phenols is 2. The van der Waals surface area contributed by atoms with Gasteiger partial charge in [0, 0.05) is 21.9 Å². The van der Waals surface area contributed by atoms with Gasteiger partial charge in [-0.15, -0.1) is 0 Å². The van der Waals surface area contributed by atoms with Gasteiger partial charge in [-0.1, -0.05) is 88.3 Å². The highest BCUT2D eigenvalue weighted by Crippen LogP contribution is 2.47. The van der Waals surface area contributed by atoms with Crippen LogP contribution in [-0.2, 0) is 16.2 Å². The highest BCUT2D eigenvalue weighted by molar-refractivity contribution is 6.10. The second-order valence-electron chi connectivity index (χ2n) is 16.5. The SMILES string of the molecule is CC(C)(C)CC(C)(C)c1cc(-c2cc(F)ccc2O)c(O)c(-n2c3ccc(C(C)(C)C)cc3c3cc(C(C)(C)C)ccc32)c1. The predicted octanol–water partition coefficient (Wildman–Crippen LogP) is 11.3. The van der Waals surface area contributed by atoms with Crippen LogP contribution in [0.2, 0.25) is 0 Å². The second kappa shape index (κ2) is 10.4. The Hall–Kier alpha value is -3.79. The summed E-state index contributed by atoms with van der Waals surface area (Å²) in [6.45, 7) is 24.4. The molecule has 0 aliphatic heterocycles. The van der Waals surface area contributed by atoms with Crippen LogP contribution in [0.1, 0.15) is 99.3 Å². The molecule has 0 amide bonds. The Kier molecular flexibility index (Phi) is 7.47. The number of hydrogen-bond acceptors (Lipinski definition) is 2. The first kappa shape index (κ1) is 31.6. The van der Waals surface area contributed by atoms with Crippen LogP contribution < -0.4 is 0 Å². The summed E-state index contributed by atoms with van der Waals surface area (Å²) in [7, 11) is 0. The van der Waals surface area contributed by atoms with E-state index in [4.69, 9.17) is 0 Å². The topological polar surface area (TPSA) is 45.4 Å². The van der Waals surface area contributed by atoms with E-state index in [0.717, 1.165) is 33.8 Å². The van der Waals surface area contributed by atoms with Gasteiger partial charge < -0.3 is 14.8 Å². The van der Waals surface area contributed by atoms with Crippen molar-refractivity contribution in [1.82, 2.24) is 4.57 Å². The molecule has 4 heteroatoms. The van der Waals surface area contributed by atoms with Crippen molar-refractivity contribution in [3.63, 3.8) is 0 Å². The van der Waals surface area contributed by atoms with Crippen LogP contribution in [0.3, 0.4) is 0 Å². The normalized spacial score (nSPS) is 13.3. The number of benzene rings is 4. The number of aromatic nitrogens is 1. The van der Waals surface area contributed by atoms with E-state index < -0.39 is 5.82 Å². The lowest BCUT2D eigenvalue weighted by Crippen LogP contribution is -2.25. The van der Waals surface area contributed by atoms with Crippen molar-refractivity contribution in [2.75, 3.05) is 0 Å². The summed E-state index contributed by atoms with van der Waals surface area (Å²) in [5.41, 5.74) is 6.41. The van der Waals surface area contributed by atoms with Gasteiger partial charge in [0.2, 0.25) is 0 Å². The van der Waals surface area contributed by atoms with Crippen LogP contribution in [-0.4, -0.2) is 14.8 Å². The summed E-state index contributed by atoms with van der Waals surface area (Å²) in [5, 5.41) is 25.2. The summed E-state index contributed by atoms with van der Waals surface area (Å²) >= 11 is 0. The molecular weight excluding hydrogens is 545 g/mol. The fourth-order valence-corrected chi connectivity index (χ4v) is 6.75. The Labute approximate surface area is 262 Å². The number of hydrogen-bond donors (Lipinski definition) is 2. The van der Waals surface area contributed by atoms with Crippen molar-refractivity contribution in [1.29, 1.82) is 0 Å². The van der Waals surface area contributed by atoms with Crippen LogP contribution in [0.15, 0.2) is 66.7 Å². The van der Waals surface area contributed by atoms with E-state index in [1.807, 2.05) is 6.07 Å². The average molecular weight is 594 g/mol. The number of halogens is 1. The number of phenolic OH excluding ortho intramolecular Hbond substituents is 2. The van der Waals surface area contributed by atoms with Crippen molar-refractivity contribution >= 4 is 21.8 Å². The highest BCUT2D eigenvalue weighted by atomic mass is 19.1. The van der Waals surface area contributed by atoms with E-state index in [0.29, 0.717) is 11.3 Å². The maximum atomic E-state index is 14.6. The standard InChI is InChI=1S/C40H48FNO2/c1-37(2,3)23-40(10,11)26-20-31(30-22-27(41)14-17-35(30)43)36(44)34(21-26)42-32-15-12-24(38(4,5)6)18-28(32)29-19-25(39(7,8)9)13-16-33(29)42/h12-22,43-44H,23H2,1-11H3. The molecule has 1 heterocycles. The summed E-state index contributed by atoms with van der Waals surface area (Å²) in [6.07, 6.45) is 0.885. The third-order valence-electron chi connectivity index (χ3n) is 8.83. The second-order valence-corrected chi connectivity index (χ2v) is 16.5. The molecule has 0 atom stereocenters. The lowest BCUT2D eigenvalue weighted by atomic mass is 9.71. The lowest BCUT2D eigenvalue weighted by Gasteiger charge is -2.34. The van der Waals surface area contributed by atoms with Gasteiger partial charge in [-0.25, -0.2) is 4.39 Å². The Balaban J connectivity index is 1.93. The van der Waals surface area contributed by atoms with Crippen molar-refractivity contribution in [2.24, 2.45) is 5.41 Å². The summed E-state index contributed by atoms with van der Waals surface area (Å²) in [6, 6.07) is 21.1. The van der Waals surface area contributed by atoms with E-state index >= 15 is 0 Å². The van der Waals surface area contributed by atoms with E-state index in [-0.39, 0.29) is 38.7 Å². The Morgan fingerprint density at radius 2 is 1.11 bits per heavy atom. The van der Waals surface area contributed by atoms with E-state index in [9.17, 15) is 14.6 Å². The van der Waals surface area contributed by atoms with Crippen molar-refractivity contribution in [2.45, 2.75) is 98.8 Å². The van der Waals surface area contributed by atoms with Crippen molar-refractivity contribution in [3.8, 4) is 28.3 Å². The molecule has 5 aromatic rings. The third kappa shape index (κ3) is 5.84. The Bertz CT molecular complexity index is 1820. The van der Waals surface area contributed by atoms with Crippen molar-refractivity contribution in [3.05, 3.63) is 89.2 Å². The number of nitrogens with zero attached hydrogens (tertiary/aromatic N) is 1. The van der Waals surface area contributed by atoms with Gasteiger partial charge in [-0.3, -0.25) is 0 Å². The largest absolute Gasteiger partial charge is 0.507 e. The minimum atomic E-state index is -0.473. The monoisotopic (exact) mass is 593 g/mol. The molecule has 0 radical (unpaired) electrons. The summed E-state index contributed by atoms with van der Waals surface area (Å²) < 4.78 is 16.7. The molecule has 1 aromatic heterocycles. The van der Waals surface area contributed by atoms with Gasteiger partial charge in [0.25, 0.3) is 0 Å². The van der Waals surface area contributed by atoms with Crippen LogP contribution in [0.25, 0.3) is 38.6 Å². The molecule has 0 unspecified atom stereocenters. The van der Waals surface area contributed by atoms with E-state index in [1.54, 1.807) is 0 Å². The van der Waals surface area contributed by atoms with Crippen LogP contribution >= 0.6 is 0 Å². The van der Waals surface area contributed by atoms with Crippen LogP contribution in [0.4, 0.5) is 4.39 Å². The fraction of sp³-hybridized carbons (Fsp3) is 0.400. The zero-order valence-corrected chi connectivity index (χ0v) is 28.3. The molecule has 44 heavy (non-hydrogen) atoms. The molecule has 0 aliphatic rings. The molecule has 232 valence electrons. The van der Waals surface area contributed by atoms with E-state index in [1.165, 1.54) is 29.3 Å². The predicted molar refractivity (Wildman–Crippen MR) is 184 cm³/mol. The lowest BCUT2D eigenvalue weighted by molar-refractivity contribution is 0.284. The van der Waals surface area contributed by atoms with Gasteiger partial charge in [-0.2, -0.15) is 0 Å². The summed E-state index contributed by atoms with van der Waals surface area (Å²) in [4.78, 5) is 0. The first-order valence-electron chi connectivity index (χ1n) is 15.6. The molecule has 0 aliphatic carbocycles. The fourth-order valence-electron chi connectivity index (χ4n) is 6.75. The number of fused-ring (bicyclic) bond motifs is 3. The molecule has 0 bridgehead atoms. The minimum absolute atomic E-state index is 0.000181. The zero-order chi connectivity index (χ0) is 32.6. The Morgan fingerprint density at radius 1 is 0.591 bits per heavy atom. The van der Waals surface area contributed by atoms with Crippen LogP contribution in [0.5, 0.6) is 11.5 Å². The molecule has 0 saturated heterocycles. The van der Waals surface area contributed by atoms with Gasteiger partial charge in [-0.05, 0) is 99.4 Å². The third-order valence-corrected chi connectivity index (χ3v) is 8.83. The summed E-state index contributed by atoms with van der Waals surface area (Å²) in [5.74, 6) is -0.551. The Morgan fingerprint density at radius 3 is 1.59 bits per heavy atom. The molecule has 3 nitrogen and oxygen atoms in total. The van der Waals surface area contributed by atoms with Gasteiger partial charge in [0.05, 0.1) is 16.7 Å². The molecular formula is C40H48FNO2. The van der Waals surface area contributed by atoms with Gasteiger partial charge in [0.1, 0.15) is 17.3 Å². The molecule has 0 fully saturated rings. The van der Waals surface area contributed by atoms with Gasteiger partial charge >= 0.3 is 0 Å². The molecule has 4 aromatic carbocycles. The zero-order valence-electron chi connectivity index (χ0n) is 28.3. The average Bonchev–Trinajstić information content (AvgIpc) is 3.21. The smallest absolute Gasteiger partial charge is 0.147 e. The maximum Gasteiger partial charge on any atom is 0.147 e. The highest BCUT2D eigenvalue weighted by Gasteiger charge is 2.31. The van der Waals surface area contributed by atoms with E-state index in [2.05, 4.69) is 123 Å². The molecule has 0 saturated carbocycles. The molecule has 5 rings (SSSR count). The maximum absolute atomic E-state index is 14.6. The minimum Gasteiger partial charge on any atom is -0.507 e.